The molecular formula is C25H21Cl2F5N6O3. The van der Waals surface area contributed by atoms with Gasteiger partial charge in [-0.1, -0.05) is 34.5 Å². The molecule has 4 unspecified atom stereocenters. The first kappa shape index (κ1) is 29.3. The molecule has 2 aromatic heterocycles. The number of halogens is 7. The molecule has 4 atom stereocenters. The van der Waals surface area contributed by atoms with E-state index in [4.69, 9.17) is 27.9 Å². The fourth-order valence-electron chi connectivity index (χ4n) is 4.69. The lowest BCUT2D eigenvalue weighted by Gasteiger charge is -2.38. The van der Waals surface area contributed by atoms with Crippen molar-refractivity contribution in [3.63, 3.8) is 0 Å². The van der Waals surface area contributed by atoms with Crippen molar-refractivity contribution in [3.05, 3.63) is 75.4 Å². The average Bonchev–Trinajstić information content (AvgIpc) is 3.55. The van der Waals surface area contributed by atoms with Crippen molar-refractivity contribution < 1.29 is 36.9 Å². The first-order valence-electron chi connectivity index (χ1n) is 12.1. The molecule has 1 aliphatic heterocycles. The Morgan fingerprint density at radius 2 is 1.83 bits per heavy atom. The number of nitrogens with zero attached hydrogens (tertiary/aromatic N) is 6. The van der Waals surface area contributed by atoms with Crippen molar-refractivity contribution in [1.29, 1.82) is 0 Å². The molecule has 1 fully saturated rings. The Kier molecular flexibility index (Phi) is 8.05. The van der Waals surface area contributed by atoms with Gasteiger partial charge in [-0.3, -0.25) is 0 Å². The summed E-state index contributed by atoms with van der Waals surface area (Å²) in [7, 11) is 0. The van der Waals surface area contributed by atoms with E-state index in [-0.39, 0.29) is 45.6 Å². The second kappa shape index (κ2) is 11.2. The highest BCUT2D eigenvalue weighted by molar-refractivity contribution is 6.32. The normalized spacial score (nSPS) is 21.4. The molecule has 0 amide bonds. The maximum Gasteiger partial charge on any atom is 0.393 e. The molecular weight excluding hydrogens is 598 g/mol. The van der Waals surface area contributed by atoms with Gasteiger partial charge in [0.1, 0.15) is 46.5 Å². The predicted octanol–water partition coefficient (Wildman–Crippen LogP) is 4.95. The summed E-state index contributed by atoms with van der Waals surface area (Å²) in [5, 5.41) is 32.6. The van der Waals surface area contributed by atoms with Crippen LogP contribution < -0.4 is 0 Å². The first-order valence-corrected chi connectivity index (χ1v) is 12.9. The molecule has 41 heavy (non-hydrogen) atoms. The quantitative estimate of drug-likeness (QED) is 0.232. The molecule has 0 aliphatic carbocycles. The minimum absolute atomic E-state index is 0.00179. The third-order valence-corrected chi connectivity index (χ3v) is 7.23. The number of aliphatic hydroxyl groups excluding tert-OH is 2. The maximum absolute atomic E-state index is 14.0. The third-order valence-electron chi connectivity index (χ3n) is 6.55. The largest absolute Gasteiger partial charge is 0.394 e. The Labute approximate surface area is 239 Å². The van der Waals surface area contributed by atoms with Crippen LogP contribution in [0.1, 0.15) is 35.8 Å². The zero-order valence-electron chi connectivity index (χ0n) is 21.0. The van der Waals surface area contributed by atoms with Crippen LogP contribution >= 0.6 is 23.2 Å². The van der Waals surface area contributed by atoms with Crippen LogP contribution in [0.25, 0.3) is 16.9 Å². The van der Waals surface area contributed by atoms with Gasteiger partial charge in [0, 0.05) is 12.0 Å². The molecule has 5 rings (SSSR count). The summed E-state index contributed by atoms with van der Waals surface area (Å²) in [4.78, 5) is 4.40. The van der Waals surface area contributed by atoms with Crippen LogP contribution in [-0.2, 0) is 11.2 Å². The van der Waals surface area contributed by atoms with Crippen molar-refractivity contribution in [2.24, 2.45) is 0 Å². The minimum Gasteiger partial charge on any atom is -0.394 e. The Morgan fingerprint density at radius 1 is 1.12 bits per heavy atom. The van der Waals surface area contributed by atoms with Crippen LogP contribution in [0, 0.1) is 18.6 Å². The summed E-state index contributed by atoms with van der Waals surface area (Å²) < 4.78 is 75.6. The van der Waals surface area contributed by atoms with E-state index < -0.39 is 60.2 Å². The fraction of sp³-hybridized carbons (Fsp3) is 0.360. The van der Waals surface area contributed by atoms with Crippen molar-refractivity contribution in [2.45, 2.75) is 50.3 Å². The second-order valence-corrected chi connectivity index (χ2v) is 10.3. The summed E-state index contributed by atoms with van der Waals surface area (Å²) in [6.45, 7) is 0.971. The zero-order chi connectivity index (χ0) is 29.6. The number of aliphatic hydroxyl groups is 2. The van der Waals surface area contributed by atoms with Gasteiger partial charge in [0.05, 0.1) is 36.0 Å². The van der Waals surface area contributed by atoms with E-state index in [1.54, 1.807) is 6.92 Å². The van der Waals surface area contributed by atoms with Crippen molar-refractivity contribution >= 4 is 23.2 Å². The second-order valence-electron chi connectivity index (χ2n) is 9.48. The summed E-state index contributed by atoms with van der Waals surface area (Å²) in [5.74, 6) is -1.56. The molecule has 9 nitrogen and oxygen atoms in total. The molecule has 0 bridgehead atoms. The smallest absolute Gasteiger partial charge is 0.393 e. The number of aryl methyl sites for hydroxylation is 1. The summed E-state index contributed by atoms with van der Waals surface area (Å²) in [5.41, 5.74) is 0.219. The van der Waals surface area contributed by atoms with E-state index in [0.29, 0.717) is 0 Å². The first-order chi connectivity index (χ1) is 19.3. The van der Waals surface area contributed by atoms with Crippen LogP contribution in [0.5, 0.6) is 0 Å². The molecule has 1 saturated heterocycles. The van der Waals surface area contributed by atoms with E-state index >= 15 is 0 Å². The molecule has 0 spiro atoms. The lowest BCUT2D eigenvalue weighted by atomic mass is 9.95. The number of hydrogen-bond donors (Lipinski definition) is 2. The molecule has 2 aromatic carbocycles. The SMILES string of the molecule is Cc1nc(C2CC(n3cc(-c4cc(F)c(Cl)c(F)c4)nn3)C(O)C(CO)O2)n(-c2cc(CC(F)(F)F)ccc2Cl)n1. The van der Waals surface area contributed by atoms with Crippen LogP contribution in [0.15, 0.2) is 36.5 Å². The maximum atomic E-state index is 14.0. The summed E-state index contributed by atoms with van der Waals surface area (Å²) in [6, 6.07) is 4.94. The van der Waals surface area contributed by atoms with E-state index in [2.05, 4.69) is 20.4 Å². The number of aromatic nitrogens is 6. The Hall–Kier alpha value is -3.17. The van der Waals surface area contributed by atoms with E-state index in [0.717, 1.165) is 12.1 Å². The predicted molar refractivity (Wildman–Crippen MR) is 136 cm³/mol. The summed E-state index contributed by atoms with van der Waals surface area (Å²) in [6.07, 6.45) is -7.63. The number of alkyl halides is 3. The third kappa shape index (κ3) is 6.06. The Balaban J connectivity index is 1.50. The lowest BCUT2D eigenvalue weighted by Crippen LogP contribution is -2.45. The van der Waals surface area contributed by atoms with Crippen molar-refractivity contribution in [1.82, 2.24) is 29.8 Å². The molecule has 1 aliphatic rings. The van der Waals surface area contributed by atoms with Gasteiger partial charge < -0.3 is 14.9 Å². The highest BCUT2D eigenvalue weighted by Crippen LogP contribution is 2.39. The van der Waals surface area contributed by atoms with Crippen LogP contribution in [-0.4, -0.2) is 65.0 Å². The van der Waals surface area contributed by atoms with E-state index in [1.807, 2.05) is 0 Å². The highest BCUT2D eigenvalue weighted by Gasteiger charge is 2.42. The Morgan fingerprint density at radius 3 is 2.49 bits per heavy atom. The standard InChI is InChI=1S/C25H21Cl2F5N6O3/c1-11-33-24(38(35-11)18-4-12(2-3-14(18)26)8-25(30,31)32)20-7-19(23(40)21(10-39)41-20)37-9-17(34-36-37)13-5-15(28)22(27)16(29)6-13/h2-6,9,19-21,23,39-40H,7-8,10H2,1H3. The molecule has 16 heteroatoms. The van der Waals surface area contributed by atoms with Gasteiger partial charge in [0.2, 0.25) is 0 Å². The molecule has 218 valence electrons. The number of benzene rings is 2. The molecule has 0 radical (unpaired) electrons. The molecule has 3 heterocycles. The summed E-state index contributed by atoms with van der Waals surface area (Å²) >= 11 is 11.9. The average molecular weight is 619 g/mol. The van der Waals surface area contributed by atoms with E-state index in [9.17, 15) is 32.2 Å². The Bertz CT molecular complexity index is 1560. The van der Waals surface area contributed by atoms with Gasteiger partial charge >= 0.3 is 6.18 Å². The molecule has 4 aromatic rings. The van der Waals surface area contributed by atoms with Crippen molar-refractivity contribution in [2.75, 3.05) is 6.61 Å². The fourth-order valence-corrected chi connectivity index (χ4v) is 5.00. The molecule has 0 saturated carbocycles. The van der Waals surface area contributed by atoms with Crippen LogP contribution in [0.3, 0.4) is 0 Å². The number of hydrogen-bond acceptors (Lipinski definition) is 7. The number of ether oxygens (including phenoxy) is 1. The van der Waals surface area contributed by atoms with E-state index in [1.165, 1.54) is 33.8 Å². The minimum atomic E-state index is -4.45. The van der Waals surface area contributed by atoms with Gasteiger partial charge in [0.15, 0.2) is 5.82 Å². The van der Waals surface area contributed by atoms with Crippen LogP contribution in [0.2, 0.25) is 10.0 Å². The van der Waals surface area contributed by atoms with Gasteiger partial charge in [-0.25, -0.2) is 23.1 Å². The molecule has 2 N–H and O–H groups in total. The monoisotopic (exact) mass is 618 g/mol. The zero-order valence-corrected chi connectivity index (χ0v) is 22.5. The van der Waals surface area contributed by atoms with Crippen LogP contribution in [0.4, 0.5) is 22.0 Å². The lowest BCUT2D eigenvalue weighted by molar-refractivity contribution is -0.161. The van der Waals surface area contributed by atoms with Gasteiger partial charge in [0.25, 0.3) is 0 Å². The topological polar surface area (TPSA) is 111 Å². The van der Waals surface area contributed by atoms with Gasteiger partial charge in [-0.2, -0.15) is 18.3 Å². The number of rotatable bonds is 6. The van der Waals surface area contributed by atoms with Gasteiger partial charge in [-0.05, 0) is 36.8 Å². The van der Waals surface area contributed by atoms with Gasteiger partial charge in [-0.15, -0.1) is 5.10 Å². The highest BCUT2D eigenvalue weighted by atomic mass is 35.5. The van der Waals surface area contributed by atoms with Crippen molar-refractivity contribution in [3.8, 4) is 16.9 Å².